The van der Waals surface area contributed by atoms with E-state index in [1.807, 2.05) is 36.4 Å². The molecule has 0 spiro atoms. The molecule has 2 aromatic carbocycles. The fourth-order valence-corrected chi connectivity index (χ4v) is 3.75. The lowest BCUT2D eigenvalue weighted by atomic mass is 9.99. The molecule has 0 radical (unpaired) electrons. The van der Waals surface area contributed by atoms with Gasteiger partial charge in [-0.1, -0.05) is 48.5 Å². The van der Waals surface area contributed by atoms with Crippen molar-refractivity contribution in [1.29, 1.82) is 0 Å². The number of carboxylic acid groups (broad SMARTS) is 1. The van der Waals surface area contributed by atoms with Gasteiger partial charge in [0.1, 0.15) is 5.92 Å². The SMILES string of the molecule is CC(C(=O)O)C(=O)N(c1ccccc1)C1CCN(CCc2ccccc2)CC1. The molecule has 5 nitrogen and oxygen atoms in total. The van der Waals surface area contributed by atoms with Gasteiger partial charge in [0.15, 0.2) is 0 Å². The Morgan fingerprint density at radius 1 is 1.04 bits per heavy atom. The number of carbonyl (C=O) groups excluding carboxylic acids is 1. The van der Waals surface area contributed by atoms with E-state index in [1.54, 1.807) is 4.90 Å². The molecule has 148 valence electrons. The van der Waals surface area contributed by atoms with Gasteiger partial charge in [0, 0.05) is 31.4 Å². The third-order valence-electron chi connectivity index (χ3n) is 5.49. The van der Waals surface area contributed by atoms with E-state index >= 15 is 0 Å². The van der Waals surface area contributed by atoms with E-state index in [0.29, 0.717) is 0 Å². The van der Waals surface area contributed by atoms with Crippen LogP contribution < -0.4 is 4.90 Å². The highest BCUT2D eigenvalue weighted by Gasteiger charge is 2.33. The van der Waals surface area contributed by atoms with Crippen LogP contribution in [0.15, 0.2) is 60.7 Å². The fourth-order valence-electron chi connectivity index (χ4n) is 3.75. The predicted molar refractivity (Wildman–Crippen MR) is 110 cm³/mol. The molecule has 28 heavy (non-hydrogen) atoms. The molecule has 1 fully saturated rings. The number of aliphatic carboxylic acids is 1. The van der Waals surface area contributed by atoms with E-state index in [1.165, 1.54) is 12.5 Å². The second-order valence-corrected chi connectivity index (χ2v) is 7.41. The molecule has 3 rings (SSSR count). The standard InChI is InChI=1S/C23H28N2O3/c1-18(23(27)28)22(26)25(20-10-6-3-7-11-20)21-13-16-24(17-14-21)15-12-19-8-4-2-5-9-19/h2-11,18,21H,12-17H2,1H3,(H,27,28). The summed E-state index contributed by atoms with van der Waals surface area (Å²) in [4.78, 5) is 28.4. The number of para-hydroxylation sites is 1. The molecule has 1 aliphatic rings. The molecule has 2 aromatic rings. The number of hydrogen-bond acceptors (Lipinski definition) is 3. The van der Waals surface area contributed by atoms with Gasteiger partial charge >= 0.3 is 5.97 Å². The average Bonchev–Trinajstić information content (AvgIpc) is 2.74. The van der Waals surface area contributed by atoms with Crippen LogP contribution in [0.1, 0.15) is 25.3 Å². The van der Waals surface area contributed by atoms with Crippen molar-refractivity contribution in [2.24, 2.45) is 5.92 Å². The quantitative estimate of drug-likeness (QED) is 0.748. The van der Waals surface area contributed by atoms with Crippen molar-refractivity contribution in [1.82, 2.24) is 4.90 Å². The number of benzene rings is 2. The highest BCUT2D eigenvalue weighted by molar-refractivity contribution is 6.05. The summed E-state index contributed by atoms with van der Waals surface area (Å²) in [5.41, 5.74) is 2.12. The Hall–Kier alpha value is -2.66. The fraction of sp³-hybridized carbons (Fsp3) is 0.391. The second-order valence-electron chi connectivity index (χ2n) is 7.41. The molecule has 0 aliphatic carbocycles. The molecule has 0 saturated carbocycles. The number of amides is 1. The minimum atomic E-state index is -1.08. The molecule has 5 heteroatoms. The summed E-state index contributed by atoms with van der Waals surface area (Å²) in [5, 5.41) is 9.31. The molecule has 1 N–H and O–H groups in total. The first kappa shape index (κ1) is 20.1. The summed E-state index contributed by atoms with van der Waals surface area (Å²) in [7, 11) is 0. The highest BCUT2D eigenvalue weighted by atomic mass is 16.4. The molecule has 1 amide bonds. The van der Waals surface area contributed by atoms with E-state index in [4.69, 9.17) is 0 Å². The van der Waals surface area contributed by atoms with Gasteiger partial charge < -0.3 is 14.9 Å². The lowest BCUT2D eigenvalue weighted by molar-refractivity contribution is -0.145. The normalized spacial score (nSPS) is 16.5. The summed E-state index contributed by atoms with van der Waals surface area (Å²) in [6.45, 7) is 4.29. The van der Waals surface area contributed by atoms with Crippen LogP contribution in [0.4, 0.5) is 5.69 Å². The van der Waals surface area contributed by atoms with Gasteiger partial charge in [-0.3, -0.25) is 9.59 Å². The smallest absolute Gasteiger partial charge is 0.315 e. The van der Waals surface area contributed by atoms with Gasteiger partial charge in [0.2, 0.25) is 5.91 Å². The molecule has 1 atom stereocenters. The zero-order valence-corrected chi connectivity index (χ0v) is 16.3. The van der Waals surface area contributed by atoms with Crippen LogP contribution >= 0.6 is 0 Å². The second kappa shape index (κ2) is 9.51. The van der Waals surface area contributed by atoms with Crippen LogP contribution in [0, 0.1) is 5.92 Å². The van der Waals surface area contributed by atoms with Crippen LogP contribution in [0.25, 0.3) is 0 Å². The number of carboxylic acids is 1. The monoisotopic (exact) mass is 380 g/mol. The van der Waals surface area contributed by atoms with Gasteiger partial charge in [-0.05, 0) is 43.9 Å². The lowest BCUT2D eigenvalue weighted by Crippen LogP contribution is -2.50. The van der Waals surface area contributed by atoms with E-state index in [9.17, 15) is 14.7 Å². The first-order valence-electron chi connectivity index (χ1n) is 9.93. The zero-order valence-electron chi connectivity index (χ0n) is 16.3. The number of nitrogens with zero attached hydrogens (tertiary/aromatic N) is 2. The predicted octanol–water partition coefficient (Wildman–Crippen LogP) is 3.45. The molecule has 1 unspecified atom stereocenters. The van der Waals surface area contributed by atoms with Crippen molar-refractivity contribution in [3.8, 4) is 0 Å². The van der Waals surface area contributed by atoms with Crippen molar-refractivity contribution in [3.05, 3.63) is 66.2 Å². The Kier molecular flexibility index (Phi) is 6.82. The summed E-state index contributed by atoms with van der Waals surface area (Å²) in [5.74, 6) is -2.45. The van der Waals surface area contributed by atoms with Crippen molar-refractivity contribution < 1.29 is 14.7 Å². The molecular weight excluding hydrogens is 352 g/mol. The number of likely N-dealkylation sites (tertiary alicyclic amines) is 1. The number of rotatable bonds is 7. The van der Waals surface area contributed by atoms with E-state index in [-0.39, 0.29) is 11.9 Å². The van der Waals surface area contributed by atoms with Gasteiger partial charge in [0.05, 0.1) is 0 Å². The van der Waals surface area contributed by atoms with Crippen molar-refractivity contribution >= 4 is 17.6 Å². The third kappa shape index (κ3) is 4.98. The topological polar surface area (TPSA) is 60.9 Å². The van der Waals surface area contributed by atoms with Crippen molar-refractivity contribution in [3.63, 3.8) is 0 Å². The van der Waals surface area contributed by atoms with E-state index in [0.717, 1.165) is 44.6 Å². The average molecular weight is 380 g/mol. The number of anilines is 1. The zero-order chi connectivity index (χ0) is 19.9. The van der Waals surface area contributed by atoms with E-state index in [2.05, 4.69) is 29.2 Å². The van der Waals surface area contributed by atoms with Crippen LogP contribution in [0.2, 0.25) is 0 Å². The maximum atomic E-state index is 12.9. The third-order valence-corrected chi connectivity index (χ3v) is 5.49. The van der Waals surface area contributed by atoms with Gasteiger partial charge in [0.25, 0.3) is 0 Å². The van der Waals surface area contributed by atoms with Crippen molar-refractivity contribution in [2.45, 2.75) is 32.2 Å². The number of carbonyl (C=O) groups is 2. The van der Waals surface area contributed by atoms with Gasteiger partial charge in [-0.15, -0.1) is 0 Å². The Balaban J connectivity index is 1.64. The Morgan fingerprint density at radius 3 is 2.18 bits per heavy atom. The first-order chi connectivity index (χ1) is 13.6. The van der Waals surface area contributed by atoms with Crippen molar-refractivity contribution in [2.75, 3.05) is 24.5 Å². The highest BCUT2D eigenvalue weighted by Crippen LogP contribution is 2.26. The summed E-state index contributed by atoms with van der Waals surface area (Å²) in [6.07, 6.45) is 2.71. The van der Waals surface area contributed by atoms with Gasteiger partial charge in [-0.25, -0.2) is 0 Å². The molecule has 1 heterocycles. The largest absolute Gasteiger partial charge is 0.481 e. The first-order valence-corrected chi connectivity index (χ1v) is 9.93. The van der Waals surface area contributed by atoms with E-state index < -0.39 is 11.9 Å². The van der Waals surface area contributed by atoms with Crippen LogP contribution in [-0.4, -0.2) is 47.6 Å². The maximum absolute atomic E-state index is 12.9. The summed E-state index contributed by atoms with van der Waals surface area (Å²) >= 11 is 0. The Bertz CT molecular complexity index is 771. The van der Waals surface area contributed by atoms with Gasteiger partial charge in [-0.2, -0.15) is 0 Å². The lowest BCUT2D eigenvalue weighted by Gasteiger charge is -2.39. The number of hydrogen-bond donors (Lipinski definition) is 1. The summed E-state index contributed by atoms with van der Waals surface area (Å²) < 4.78 is 0. The molecule has 0 aromatic heterocycles. The summed E-state index contributed by atoms with van der Waals surface area (Å²) in [6, 6.07) is 19.9. The maximum Gasteiger partial charge on any atom is 0.315 e. The minimum Gasteiger partial charge on any atom is -0.481 e. The molecule has 1 saturated heterocycles. The molecule has 0 bridgehead atoms. The number of piperidine rings is 1. The molecular formula is C23H28N2O3. The Morgan fingerprint density at radius 2 is 1.61 bits per heavy atom. The van der Waals surface area contributed by atoms with Crippen LogP contribution in [0.5, 0.6) is 0 Å². The van der Waals surface area contributed by atoms with Crippen LogP contribution in [-0.2, 0) is 16.0 Å². The Labute approximate surface area is 166 Å². The minimum absolute atomic E-state index is 0.0321. The van der Waals surface area contributed by atoms with Crippen LogP contribution in [0.3, 0.4) is 0 Å². The molecule has 1 aliphatic heterocycles.